The molecule has 2 aromatic carbocycles. The predicted octanol–water partition coefficient (Wildman–Crippen LogP) is 2.93. The van der Waals surface area contributed by atoms with Gasteiger partial charge in [-0.15, -0.1) is 0 Å². The normalized spacial score (nSPS) is 11.8. The van der Waals surface area contributed by atoms with Crippen molar-refractivity contribution in [2.45, 2.75) is 32.2 Å². The summed E-state index contributed by atoms with van der Waals surface area (Å²) in [6, 6.07) is 16.5. The number of aromatic amines is 1. The number of hydrogen-bond acceptors (Lipinski definition) is 3. The van der Waals surface area contributed by atoms with Crippen LogP contribution in [0.5, 0.6) is 0 Å². The topological polar surface area (TPSA) is 91.1 Å². The first kappa shape index (κ1) is 19.1. The molecular formula is C20H23N3O3S. The summed E-state index contributed by atoms with van der Waals surface area (Å²) in [7, 11) is -3.43. The summed E-state index contributed by atoms with van der Waals surface area (Å²) in [5, 5.41) is 3.82. The van der Waals surface area contributed by atoms with E-state index in [-0.39, 0.29) is 24.2 Å². The number of sulfonamides is 1. The number of hydrogen-bond donors (Lipinski definition) is 3. The van der Waals surface area contributed by atoms with Gasteiger partial charge in [0.25, 0.3) is 5.91 Å². The highest BCUT2D eigenvalue weighted by Gasteiger charge is 2.16. The number of aromatic nitrogens is 1. The average molecular weight is 385 g/mol. The number of H-pyrrole nitrogens is 1. The van der Waals surface area contributed by atoms with Crippen LogP contribution in [-0.4, -0.2) is 25.4 Å². The Morgan fingerprint density at radius 2 is 1.70 bits per heavy atom. The van der Waals surface area contributed by atoms with Crippen LogP contribution in [0, 0.1) is 0 Å². The summed E-state index contributed by atoms with van der Waals surface area (Å²) in [5.74, 6) is -0.354. The Kier molecular flexibility index (Phi) is 5.62. The lowest BCUT2D eigenvalue weighted by Crippen LogP contribution is -2.32. The molecule has 0 aliphatic rings. The summed E-state index contributed by atoms with van der Waals surface area (Å²) < 4.78 is 27.0. The third-order valence-electron chi connectivity index (χ3n) is 4.09. The molecule has 0 bridgehead atoms. The van der Waals surface area contributed by atoms with Gasteiger partial charge in [-0.1, -0.05) is 42.5 Å². The highest BCUT2D eigenvalue weighted by molar-refractivity contribution is 7.88. The molecular weight excluding hydrogens is 362 g/mol. The van der Waals surface area contributed by atoms with Crippen molar-refractivity contribution in [1.29, 1.82) is 0 Å². The molecule has 0 saturated carbocycles. The minimum atomic E-state index is -3.43. The molecule has 0 aliphatic carbocycles. The first-order valence-corrected chi connectivity index (χ1v) is 10.4. The summed E-state index contributed by atoms with van der Waals surface area (Å²) >= 11 is 0. The minimum absolute atomic E-state index is 0.121. The number of benzene rings is 2. The minimum Gasteiger partial charge on any atom is -0.351 e. The van der Waals surface area contributed by atoms with E-state index in [9.17, 15) is 13.2 Å². The summed E-state index contributed by atoms with van der Waals surface area (Å²) in [6.07, 6.45) is 0. The highest BCUT2D eigenvalue weighted by atomic mass is 32.2. The van der Waals surface area contributed by atoms with Crippen molar-refractivity contribution >= 4 is 26.8 Å². The molecule has 1 amide bonds. The van der Waals surface area contributed by atoms with Gasteiger partial charge < -0.3 is 10.3 Å². The lowest BCUT2D eigenvalue weighted by Gasteiger charge is -2.13. The van der Waals surface area contributed by atoms with E-state index in [1.54, 1.807) is 32.0 Å². The van der Waals surface area contributed by atoms with E-state index in [2.05, 4.69) is 15.0 Å². The van der Waals surface area contributed by atoms with Crippen molar-refractivity contribution in [3.8, 4) is 0 Å². The number of amides is 1. The van der Waals surface area contributed by atoms with Gasteiger partial charge in [0.05, 0.1) is 5.75 Å². The molecule has 0 unspecified atom stereocenters. The quantitative estimate of drug-likeness (QED) is 0.584. The smallest absolute Gasteiger partial charge is 0.267 e. The van der Waals surface area contributed by atoms with Crippen molar-refractivity contribution in [1.82, 2.24) is 15.0 Å². The van der Waals surface area contributed by atoms with Crippen molar-refractivity contribution < 1.29 is 13.2 Å². The van der Waals surface area contributed by atoms with Gasteiger partial charge >= 0.3 is 0 Å². The van der Waals surface area contributed by atoms with Crippen LogP contribution in [-0.2, 0) is 22.3 Å². The fraction of sp³-hybridized carbons (Fsp3) is 0.250. The Labute approximate surface area is 159 Å². The van der Waals surface area contributed by atoms with E-state index >= 15 is 0 Å². The molecule has 1 aromatic heterocycles. The van der Waals surface area contributed by atoms with Gasteiger partial charge in [-0.3, -0.25) is 4.79 Å². The van der Waals surface area contributed by atoms with Crippen molar-refractivity contribution in [2.75, 3.05) is 0 Å². The molecule has 0 saturated heterocycles. The van der Waals surface area contributed by atoms with Gasteiger partial charge in [-0.25, -0.2) is 13.1 Å². The zero-order chi connectivity index (χ0) is 19.4. The number of carbonyl (C=O) groups excluding carboxylic acids is 1. The second-order valence-corrected chi connectivity index (χ2v) is 8.51. The van der Waals surface area contributed by atoms with E-state index in [1.807, 2.05) is 36.4 Å². The predicted molar refractivity (Wildman–Crippen MR) is 107 cm³/mol. The molecule has 7 heteroatoms. The van der Waals surface area contributed by atoms with Gasteiger partial charge in [-0.2, -0.15) is 0 Å². The number of rotatable bonds is 7. The number of carbonyl (C=O) groups is 1. The number of para-hydroxylation sites is 1. The molecule has 0 atom stereocenters. The second kappa shape index (κ2) is 7.94. The van der Waals surface area contributed by atoms with Crippen LogP contribution in [0.1, 0.15) is 35.5 Å². The molecule has 6 nitrogen and oxygen atoms in total. The molecule has 0 aliphatic heterocycles. The fourth-order valence-corrected chi connectivity index (χ4v) is 4.44. The molecule has 3 aromatic rings. The van der Waals surface area contributed by atoms with Crippen LogP contribution < -0.4 is 10.0 Å². The van der Waals surface area contributed by atoms with Gasteiger partial charge in [-0.05, 0) is 37.1 Å². The second-order valence-electron chi connectivity index (χ2n) is 6.75. The monoisotopic (exact) mass is 385 g/mol. The van der Waals surface area contributed by atoms with Crippen molar-refractivity contribution in [3.05, 3.63) is 71.4 Å². The maximum Gasteiger partial charge on any atom is 0.267 e. The van der Waals surface area contributed by atoms with Crippen LogP contribution in [0.3, 0.4) is 0 Å². The molecule has 0 spiro atoms. The van der Waals surface area contributed by atoms with Gasteiger partial charge in [0.2, 0.25) is 10.0 Å². The molecule has 3 N–H and O–H groups in total. The molecule has 1 heterocycles. The zero-order valence-electron chi connectivity index (χ0n) is 15.3. The van der Waals surface area contributed by atoms with Gasteiger partial charge in [0, 0.05) is 23.5 Å². The maximum atomic E-state index is 12.5. The SMILES string of the molecule is CC(C)NS(=O)(=O)Cc1ccccc1CNC(=O)c1cc2ccccc2[nH]1. The van der Waals surface area contributed by atoms with Crippen LogP contribution >= 0.6 is 0 Å². The van der Waals surface area contributed by atoms with Crippen LogP contribution in [0.15, 0.2) is 54.6 Å². The van der Waals surface area contributed by atoms with Gasteiger partial charge in [0.15, 0.2) is 0 Å². The van der Waals surface area contributed by atoms with E-state index < -0.39 is 10.0 Å². The molecule has 3 rings (SSSR count). The van der Waals surface area contributed by atoms with E-state index in [0.717, 1.165) is 16.5 Å². The average Bonchev–Trinajstić information content (AvgIpc) is 3.03. The zero-order valence-corrected chi connectivity index (χ0v) is 16.1. The molecule has 0 radical (unpaired) electrons. The lowest BCUT2D eigenvalue weighted by atomic mass is 10.1. The highest BCUT2D eigenvalue weighted by Crippen LogP contribution is 2.16. The molecule has 27 heavy (non-hydrogen) atoms. The Morgan fingerprint density at radius 1 is 1.04 bits per heavy atom. The molecule has 0 fully saturated rings. The molecule has 142 valence electrons. The van der Waals surface area contributed by atoms with Crippen molar-refractivity contribution in [2.24, 2.45) is 0 Å². The Balaban J connectivity index is 1.71. The Morgan fingerprint density at radius 3 is 2.41 bits per heavy atom. The first-order chi connectivity index (χ1) is 12.8. The summed E-state index contributed by atoms with van der Waals surface area (Å²) in [6.45, 7) is 3.82. The Hall–Kier alpha value is -2.64. The van der Waals surface area contributed by atoms with Gasteiger partial charge in [0.1, 0.15) is 5.69 Å². The Bertz CT molecular complexity index is 1020. The standard InChI is InChI=1S/C20H23N3O3S/c1-14(2)23-27(25,26)13-17-9-4-3-8-16(17)12-21-20(24)19-11-15-7-5-6-10-18(15)22-19/h3-11,14,22-23H,12-13H2,1-2H3,(H,21,24). The van der Waals surface area contributed by atoms with E-state index in [1.165, 1.54) is 0 Å². The maximum absolute atomic E-state index is 12.5. The third kappa shape index (κ3) is 4.96. The van der Waals surface area contributed by atoms with Crippen LogP contribution in [0.25, 0.3) is 10.9 Å². The van der Waals surface area contributed by atoms with E-state index in [0.29, 0.717) is 11.3 Å². The summed E-state index contributed by atoms with van der Waals surface area (Å²) in [4.78, 5) is 15.5. The van der Waals surface area contributed by atoms with Crippen LogP contribution in [0.4, 0.5) is 0 Å². The van der Waals surface area contributed by atoms with Crippen molar-refractivity contribution in [3.63, 3.8) is 0 Å². The largest absolute Gasteiger partial charge is 0.351 e. The first-order valence-electron chi connectivity index (χ1n) is 8.77. The summed E-state index contributed by atoms with van der Waals surface area (Å²) in [5.41, 5.74) is 2.82. The van der Waals surface area contributed by atoms with E-state index in [4.69, 9.17) is 0 Å². The lowest BCUT2D eigenvalue weighted by molar-refractivity contribution is 0.0946. The third-order valence-corrected chi connectivity index (χ3v) is 5.61. The number of nitrogens with one attached hydrogen (secondary N) is 3. The fourth-order valence-electron chi connectivity index (χ4n) is 2.94. The van der Waals surface area contributed by atoms with Crippen LogP contribution in [0.2, 0.25) is 0 Å². The number of fused-ring (bicyclic) bond motifs is 1.